The third-order valence-corrected chi connectivity index (χ3v) is 2.05. The van der Waals surface area contributed by atoms with Crippen LogP contribution in [0.25, 0.3) is 0 Å². The van der Waals surface area contributed by atoms with Crippen molar-refractivity contribution in [2.75, 3.05) is 6.61 Å². The number of rotatable bonds is 1. The molecule has 0 aromatic heterocycles. The van der Waals surface area contributed by atoms with Crippen LogP contribution >= 0.6 is 0 Å². The zero-order valence-corrected chi connectivity index (χ0v) is 6.20. The Morgan fingerprint density at radius 1 is 1.70 bits per heavy atom. The van der Waals surface area contributed by atoms with E-state index in [-0.39, 0.29) is 17.6 Å². The van der Waals surface area contributed by atoms with Crippen LogP contribution in [0.4, 0.5) is 0 Å². The standard InChI is InChI=1S/C7H12O3/c1-4-6(5(2)8)3-10-7(4)9/h4,6-7,9H,3H2,1-2H3/t4-,6-,7-/m1/s1. The zero-order chi connectivity index (χ0) is 7.72. The van der Waals surface area contributed by atoms with E-state index < -0.39 is 6.29 Å². The van der Waals surface area contributed by atoms with Crippen LogP contribution in [0.15, 0.2) is 0 Å². The summed E-state index contributed by atoms with van der Waals surface area (Å²) in [6, 6.07) is 0. The van der Waals surface area contributed by atoms with E-state index in [0.717, 1.165) is 0 Å². The van der Waals surface area contributed by atoms with Gasteiger partial charge in [-0.25, -0.2) is 0 Å². The minimum atomic E-state index is -0.742. The Bertz CT molecular complexity index is 144. The van der Waals surface area contributed by atoms with Crippen molar-refractivity contribution in [3.63, 3.8) is 0 Å². The summed E-state index contributed by atoms with van der Waals surface area (Å²) >= 11 is 0. The molecule has 0 aliphatic carbocycles. The predicted octanol–water partition coefficient (Wildman–Crippen LogP) is 0.176. The van der Waals surface area contributed by atoms with Gasteiger partial charge in [0.1, 0.15) is 5.78 Å². The predicted molar refractivity (Wildman–Crippen MR) is 35.3 cm³/mol. The Morgan fingerprint density at radius 3 is 2.50 bits per heavy atom. The van der Waals surface area contributed by atoms with Crippen LogP contribution < -0.4 is 0 Å². The van der Waals surface area contributed by atoms with Crippen LogP contribution in [0.3, 0.4) is 0 Å². The molecule has 0 saturated carbocycles. The molecule has 0 bridgehead atoms. The molecule has 58 valence electrons. The molecule has 0 aromatic rings. The van der Waals surface area contributed by atoms with Crippen molar-refractivity contribution in [3.05, 3.63) is 0 Å². The fourth-order valence-corrected chi connectivity index (χ4v) is 1.19. The largest absolute Gasteiger partial charge is 0.368 e. The Labute approximate surface area is 60.0 Å². The number of aliphatic hydroxyl groups excluding tert-OH is 1. The molecule has 1 N–H and O–H groups in total. The Hall–Kier alpha value is -0.410. The summed E-state index contributed by atoms with van der Waals surface area (Å²) in [6.07, 6.45) is -0.742. The molecule has 0 aromatic carbocycles. The first kappa shape index (κ1) is 7.69. The normalized spacial score (nSPS) is 40.1. The van der Waals surface area contributed by atoms with Crippen LogP contribution in [0.2, 0.25) is 0 Å². The van der Waals surface area contributed by atoms with E-state index >= 15 is 0 Å². The Kier molecular flexibility index (Phi) is 2.06. The second-order valence-electron chi connectivity index (χ2n) is 2.80. The first-order valence-electron chi connectivity index (χ1n) is 3.43. The summed E-state index contributed by atoms with van der Waals surface area (Å²) in [5.74, 6) is -0.0449. The summed E-state index contributed by atoms with van der Waals surface area (Å²) in [4.78, 5) is 10.8. The van der Waals surface area contributed by atoms with Crippen molar-refractivity contribution in [1.29, 1.82) is 0 Å². The van der Waals surface area contributed by atoms with Gasteiger partial charge in [-0.2, -0.15) is 0 Å². The van der Waals surface area contributed by atoms with Crippen molar-refractivity contribution in [2.24, 2.45) is 11.8 Å². The number of aliphatic hydroxyl groups is 1. The molecule has 1 rings (SSSR count). The van der Waals surface area contributed by atoms with Gasteiger partial charge in [0.15, 0.2) is 6.29 Å². The van der Waals surface area contributed by atoms with E-state index in [2.05, 4.69) is 0 Å². The van der Waals surface area contributed by atoms with E-state index in [1.807, 2.05) is 6.92 Å². The number of carbonyl (C=O) groups is 1. The number of Topliss-reactive ketones (excluding diaryl/α,β-unsaturated/α-hetero) is 1. The van der Waals surface area contributed by atoms with Crippen LogP contribution in [0.1, 0.15) is 13.8 Å². The Balaban J connectivity index is 2.57. The van der Waals surface area contributed by atoms with Crippen molar-refractivity contribution in [3.8, 4) is 0 Å². The zero-order valence-electron chi connectivity index (χ0n) is 6.20. The van der Waals surface area contributed by atoms with E-state index in [0.29, 0.717) is 6.61 Å². The quantitative estimate of drug-likeness (QED) is 0.571. The smallest absolute Gasteiger partial charge is 0.157 e. The highest BCUT2D eigenvalue weighted by atomic mass is 16.6. The fraction of sp³-hybridized carbons (Fsp3) is 0.857. The van der Waals surface area contributed by atoms with Gasteiger partial charge in [-0.05, 0) is 6.92 Å². The fourth-order valence-electron chi connectivity index (χ4n) is 1.19. The van der Waals surface area contributed by atoms with Gasteiger partial charge in [0, 0.05) is 11.8 Å². The average Bonchev–Trinajstić information content (AvgIpc) is 2.14. The van der Waals surface area contributed by atoms with Crippen LogP contribution in [-0.4, -0.2) is 23.8 Å². The van der Waals surface area contributed by atoms with Crippen molar-refractivity contribution < 1.29 is 14.6 Å². The summed E-state index contributed by atoms with van der Waals surface area (Å²) in [7, 11) is 0. The minimum Gasteiger partial charge on any atom is -0.368 e. The van der Waals surface area contributed by atoms with Crippen LogP contribution in [0, 0.1) is 11.8 Å². The van der Waals surface area contributed by atoms with Gasteiger partial charge in [-0.3, -0.25) is 4.79 Å². The molecule has 0 spiro atoms. The maximum absolute atomic E-state index is 10.8. The van der Waals surface area contributed by atoms with E-state index in [1.165, 1.54) is 6.92 Å². The SMILES string of the molecule is CC(=O)[C@@H]1CO[C@@H](O)[C@@H]1C. The summed E-state index contributed by atoms with van der Waals surface area (Å²) < 4.78 is 4.87. The van der Waals surface area contributed by atoms with Crippen molar-refractivity contribution in [1.82, 2.24) is 0 Å². The number of hydrogen-bond acceptors (Lipinski definition) is 3. The van der Waals surface area contributed by atoms with Gasteiger partial charge in [0.2, 0.25) is 0 Å². The molecule has 0 unspecified atom stereocenters. The molecular formula is C7H12O3. The van der Waals surface area contributed by atoms with Crippen molar-refractivity contribution >= 4 is 5.78 Å². The summed E-state index contributed by atoms with van der Waals surface area (Å²) in [5, 5.41) is 9.04. The molecule has 3 heteroatoms. The molecule has 0 radical (unpaired) electrons. The molecule has 3 atom stereocenters. The molecular weight excluding hydrogens is 132 g/mol. The van der Waals surface area contributed by atoms with Gasteiger partial charge in [0.25, 0.3) is 0 Å². The van der Waals surface area contributed by atoms with Gasteiger partial charge < -0.3 is 9.84 Å². The average molecular weight is 144 g/mol. The molecule has 1 aliphatic rings. The molecule has 1 saturated heterocycles. The highest BCUT2D eigenvalue weighted by Gasteiger charge is 2.34. The molecule has 3 nitrogen and oxygen atoms in total. The topological polar surface area (TPSA) is 46.5 Å². The molecule has 1 aliphatic heterocycles. The molecule has 10 heavy (non-hydrogen) atoms. The van der Waals surface area contributed by atoms with Crippen LogP contribution in [0.5, 0.6) is 0 Å². The van der Waals surface area contributed by atoms with Gasteiger partial charge in [0.05, 0.1) is 6.61 Å². The highest BCUT2D eigenvalue weighted by molar-refractivity contribution is 5.78. The molecule has 0 amide bonds. The second kappa shape index (κ2) is 2.68. The van der Waals surface area contributed by atoms with E-state index in [1.54, 1.807) is 0 Å². The molecule has 1 fully saturated rings. The minimum absolute atomic E-state index is 0.0440. The first-order valence-corrected chi connectivity index (χ1v) is 3.43. The maximum atomic E-state index is 10.8. The highest BCUT2D eigenvalue weighted by Crippen LogP contribution is 2.25. The lowest BCUT2D eigenvalue weighted by Gasteiger charge is -2.10. The van der Waals surface area contributed by atoms with Gasteiger partial charge >= 0.3 is 0 Å². The lowest BCUT2D eigenvalue weighted by Crippen LogP contribution is -2.21. The van der Waals surface area contributed by atoms with Crippen LogP contribution in [-0.2, 0) is 9.53 Å². The number of ketones is 1. The van der Waals surface area contributed by atoms with E-state index in [4.69, 9.17) is 9.84 Å². The Morgan fingerprint density at radius 2 is 2.30 bits per heavy atom. The second-order valence-corrected chi connectivity index (χ2v) is 2.80. The number of ether oxygens (including phenoxy) is 1. The summed E-state index contributed by atoms with van der Waals surface area (Å²) in [5.41, 5.74) is 0. The lowest BCUT2D eigenvalue weighted by atomic mass is 9.94. The maximum Gasteiger partial charge on any atom is 0.157 e. The summed E-state index contributed by atoms with van der Waals surface area (Å²) in [6.45, 7) is 3.73. The lowest BCUT2D eigenvalue weighted by molar-refractivity contribution is -0.121. The van der Waals surface area contributed by atoms with Gasteiger partial charge in [-0.15, -0.1) is 0 Å². The number of carbonyl (C=O) groups excluding carboxylic acids is 1. The van der Waals surface area contributed by atoms with Gasteiger partial charge in [-0.1, -0.05) is 6.92 Å². The number of hydrogen-bond donors (Lipinski definition) is 1. The molecule has 1 heterocycles. The third kappa shape index (κ3) is 1.20. The first-order chi connectivity index (χ1) is 4.63. The van der Waals surface area contributed by atoms with E-state index in [9.17, 15) is 4.79 Å². The third-order valence-electron chi connectivity index (χ3n) is 2.05. The monoisotopic (exact) mass is 144 g/mol. The van der Waals surface area contributed by atoms with Crippen molar-refractivity contribution in [2.45, 2.75) is 20.1 Å².